The topological polar surface area (TPSA) is 64.9 Å². The molecule has 3 heteroatoms. The number of aryl methyl sites for hydroxylation is 3. The van der Waals surface area contributed by atoms with E-state index in [4.69, 9.17) is 11.5 Å². The van der Waals surface area contributed by atoms with Gasteiger partial charge in [-0.15, -0.1) is 0 Å². The highest BCUT2D eigenvalue weighted by atomic mass is 14.8. The number of pyridine rings is 1. The summed E-state index contributed by atoms with van der Waals surface area (Å²) in [6.07, 6.45) is 3.66. The molecule has 3 aromatic rings. The van der Waals surface area contributed by atoms with Gasteiger partial charge in [0.1, 0.15) is 5.82 Å². The molecule has 0 aliphatic heterocycles. The first-order valence-electron chi connectivity index (χ1n) is 7.78. The van der Waals surface area contributed by atoms with Crippen molar-refractivity contribution in [3.05, 3.63) is 77.5 Å². The smallest absolute Gasteiger partial charge is 0.126 e. The maximum atomic E-state index is 6.06. The van der Waals surface area contributed by atoms with Crippen molar-refractivity contribution < 1.29 is 0 Å². The quantitative estimate of drug-likeness (QED) is 0.716. The number of benzene rings is 2. The number of rotatable bonds is 4. The molecule has 0 spiro atoms. The molecule has 3 rings (SSSR count). The Kier molecular flexibility index (Phi) is 4.29. The van der Waals surface area contributed by atoms with Crippen LogP contribution in [0, 0.1) is 6.92 Å². The van der Waals surface area contributed by atoms with E-state index in [0.717, 1.165) is 35.2 Å². The first kappa shape index (κ1) is 15.1. The number of anilines is 2. The van der Waals surface area contributed by atoms with Gasteiger partial charge in [0.05, 0.1) is 0 Å². The van der Waals surface area contributed by atoms with E-state index in [1.807, 2.05) is 30.5 Å². The predicted molar refractivity (Wildman–Crippen MR) is 97.1 cm³/mol. The summed E-state index contributed by atoms with van der Waals surface area (Å²) >= 11 is 0. The number of hydrogen-bond acceptors (Lipinski definition) is 3. The molecular weight excluding hydrogens is 282 g/mol. The van der Waals surface area contributed by atoms with E-state index in [0.29, 0.717) is 5.82 Å². The standard InChI is InChI=1S/C20H21N3/c1-14-4-2-3-5-15(14)6-7-17-12-18(13-23-20(17)22)16-8-10-19(21)11-9-16/h2-5,8-13H,6-7,21H2,1H3,(H2,22,23). The fourth-order valence-corrected chi connectivity index (χ4v) is 2.71. The highest BCUT2D eigenvalue weighted by Gasteiger charge is 2.06. The summed E-state index contributed by atoms with van der Waals surface area (Å²) in [5.41, 5.74) is 18.5. The Labute approximate surface area is 137 Å². The second kappa shape index (κ2) is 6.53. The van der Waals surface area contributed by atoms with Crippen molar-refractivity contribution in [2.45, 2.75) is 19.8 Å². The van der Waals surface area contributed by atoms with Gasteiger partial charge in [-0.1, -0.05) is 36.4 Å². The van der Waals surface area contributed by atoms with Crippen LogP contribution >= 0.6 is 0 Å². The monoisotopic (exact) mass is 303 g/mol. The van der Waals surface area contributed by atoms with Crippen LogP contribution in [0.4, 0.5) is 11.5 Å². The van der Waals surface area contributed by atoms with Gasteiger partial charge in [-0.05, 0) is 60.2 Å². The summed E-state index contributed by atoms with van der Waals surface area (Å²) in [5, 5.41) is 0. The third kappa shape index (κ3) is 3.51. The van der Waals surface area contributed by atoms with Gasteiger partial charge < -0.3 is 11.5 Å². The van der Waals surface area contributed by atoms with Gasteiger partial charge in [0.2, 0.25) is 0 Å². The fraction of sp³-hybridized carbons (Fsp3) is 0.150. The Morgan fingerprint density at radius 2 is 1.52 bits per heavy atom. The van der Waals surface area contributed by atoms with E-state index in [1.54, 1.807) is 0 Å². The fourth-order valence-electron chi connectivity index (χ4n) is 2.71. The van der Waals surface area contributed by atoms with Crippen molar-refractivity contribution in [2.75, 3.05) is 11.5 Å². The molecular formula is C20H21N3. The molecule has 0 aliphatic rings. The van der Waals surface area contributed by atoms with Crippen LogP contribution in [0.15, 0.2) is 60.8 Å². The number of nitrogen functional groups attached to an aromatic ring is 2. The van der Waals surface area contributed by atoms with Gasteiger partial charge in [0.15, 0.2) is 0 Å². The van der Waals surface area contributed by atoms with Crippen LogP contribution in [0.5, 0.6) is 0 Å². The zero-order chi connectivity index (χ0) is 16.2. The molecule has 2 aromatic carbocycles. The minimum atomic E-state index is 0.609. The SMILES string of the molecule is Cc1ccccc1CCc1cc(-c2ccc(N)cc2)cnc1N. The summed E-state index contributed by atoms with van der Waals surface area (Å²) in [6.45, 7) is 2.14. The van der Waals surface area contributed by atoms with Gasteiger partial charge in [-0.3, -0.25) is 0 Å². The molecule has 0 fully saturated rings. The average Bonchev–Trinajstić information content (AvgIpc) is 2.56. The molecule has 0 amide bonds. The van der Waals surface area contributed by atoms with Crippen LogP contribution in [0.2, 0.25) is 0 Å². The van der Waals surface area contributed by atoms with E-state index in [-0.39, 0.29) is 0 Å². The van der Waals surface area contributed by atoms with Crippen LogP contribution in [0.1, 0.15) is 16.7 Å². The maximum Gasteiger partial charge on any atom is 0.126 e. The molecule has 4 N–H and O–H groups in total. The molecule has 0 aliphatic carbocycles. The van der Waals surface area contributed by atoms with Crippen LogP contribution in [0.25, 0.3) is 11.1 Å². The Hall–Kier alpha value is -2.81. The number of nitrogens with zero attached hydrogens (tertiary/aromatic N) is 1. The van der Waals surface area contributed by atoms with Gasteiger partial charge in [-0.2, -0.15) is 0 Å². The molecule has 0 saturated heterocycles. The lowest BCUT2D eigenvalue weighted by atomic mass is 9.99. The van der Waals surface area contributed by atoms with Crippen molar-refractivity contribution in [3.63, 3.8) is 0 Å². The van der Waals surface area contributed by atoms with E-state index in [9.17, 15) is 0 Å². The Balaban J connectivity index is 1.83. The molecule has 0 bridgehead atoms. The minimum absolute atomic E-state index is 0.609. The van der Waals surface area contributed by atoms with Crippen LogP contribution in [0.3, 0.4) is 0 Å². The highest BCUT2D eigenvalue weighted by molar-refractivity contribution is 5.67. The van der Waals surface area contributed by atoms with Gasteiger partial charge >= 0.3 is 0 Å². The molecule has 3 nitrogen and oxygen atoms in total. The highest BCUT2D eigenvalue weighted by Crippen LogP contribution is 2.24. The first-order chi connectivity index (χ1) is 11.1. The lowest BCUT2D eigenvalue weighted by molar-refractivity contribution is 0.944. The molecule has 0 saturated carbocycles. The summed E-state index contributed by atoms with van der Waals surface area (Å²) < 4.78 is 0. The van der Waals surface area contributed by atoms with Crippen molar-refractivity contribution >= 4 is 11.5 Å². The lowest BCUT2D eigenvalue weighted by Crippen LogP contribution is -2.01. The average molecular weight is 303 g/mol. The summed E-state index contributed by atoms with van der Waals surface area (Å²) in [4.78, 5) is 4.36. The van der Waals surface area contributed by atoms with Crippen LogP contribution in [-0.2, 0) is 12.8 Å². The Morgan fingerprint density at radius 1 is 0.826 bits per heavy atom. The zero-order valence-electron chi connectivity index (χ0n) is 13.3. The summed E-state index contributed by atoms with van der Waals surface area (Å²) in [7, 11) is 0. The van der Waals surface area contributed by atoms with Crippen molar-refractivity contribution in [1.29, 1.82) is 0 Å². The largest absolute Gasteiger partial charge is 0.399 e. The number of hydrogen-bond donors (Lipinski definition) is 2. The molecule has 116 valence electrons. The van der Waals surface area contributed by atoms with E-state index in [2.05, 4.69) is 42.2 Å². The molecule has 0 atom stereocenters. The Morgan fingerprint density at radius 3 is 2.26 bits per heavy atom. The predicted octanol–water partition coefficient (Wildman–Crippen LogP) is 4.01. The van der Waals surface area contributed by atoms with Crippen molar-refractivity contribution in [2.24, 2.45) is 0 Å². The van der Waals surface area contributed by atoms with Crippen LogP contribution in [-0.4, -0.2) is 4.98 Å². The molecule has 1 heterocycles. The van der Waals surface area contributed by atoms with Gasteiger partial charge in [-0.25, -0.2) is 4.98 Å². The van der Waals surface area contributed by atoms with Crippen molar-refractivity contribution in [1.82, 2.24) is 4.98 Å². The van der Waals surface area contributed by atoms with E-state index in [1.165, 1.54) is 11.1 Å². The normalized spacial score (nSPS) is 10.7. The first-order valence-corrected chi connectivity index (χ1v) is 7.78. The summed E-state index contributed by atoms with van der Waals surface area (Å²) in [5.74, 6) is 0.609. The third-order valence-corrected chi connectivity index (χ3v) is 4.17. The van der Waals surface area contributed by atoms with Gasteiger partial charge in [0.25, 0.3) is 0 Å². The molecule has 0 radical (unpaired) electrons. The van der Waals surface area contributed by atoms with Crippen LogP contribution < -0.4 is 11.5 Å². The second-order valence-corrected chi connectivity index (χ2v) is 5.82. The maximum absolute atomic E-state index is 6.06. The van der Waals surface area contributed by atoms with Gasteiger partial charge in [0, 0.05) is 17.4 Å². The van der Waals surface area contributed by atoms with E-state index >= 15 is 0 Å². The molecule has 0 unspecified atom stereocenters. The zero-order valence-corrected chi connectivity index (χ0v) is 13.3. The van der Waals surface area contributed by atoms with E-state index < -0.39 is 0 Å². The summed E-state index contributed by atoms with van der Waals surface area (Å²) in [6, 6.07) is 18.4. The number of nitrogens with two attached hydrogens (primary N) is 2. The minimum Gasteiger partial charge on any atom is -0.399 e. The second-order valence-electron chi connectivity index (χ2n) is 5.82. The molecule has 1 aromatic heterocycles. The third-order valence-electron chi connectivity index (χ3n) is 4.17. The lowest BCUT2D eigenvalue weighted by Gasteiger charge is -2.10. The Bertz CT molecular complexity index is 807. The number of aromatic nitrogens is 1. The van der Waals surface area contributed by atoms with Crippen molar-refractivity contribution in [3.8, 4) is 11.1 Å². The molecule has 23 heavy (non-hydrogen) atoms.